The first kappa shape index (κ1) is 21.3. The number of carbonyl (C=O) groups is 1. The summed E-state index contributed by atoms with van der Waals surface area (Å²) in [7, 11) is 1.32. The molecule has 0 aliphatic rings. The van der Waals surface area contributed by atoms with Crippen LogP contribution in [-0.2, 0) is 11.2 Å². The summed E-state index contributed by atoms with van der Waals surface area (Å²) < 4.78 is 16.2. The van der Waals surface area contributed by atoms with Crippen LogP contribution in [0.1, 0.15) is 34.3 Å². The first-order chi connectivity index (χ1) is 15.6. The van der Waals surface area contributed by atoms with Crippen molar-refractivity contribution in [3.05, 3.63) is 96.1 Å². The van der Waals surface area contributed by atoms with Gasteiger partial charge in [0.2, 0.25) is 0 Å². The summed E-state index contributed by atoms with van der Waals surface area (Å²) in [5, 5.41) is 10.5. The topological polar surface area (TPSA) is 94.7 Å². The number of esters is 1. The lowest BCUT2D eigenvalue weighted by Gasteiger charge is -2.11. The summed E-state index contributed by atoms with van der Waals surface area (Å²) in [5.74, 6) is 2.01. The molecular formula is C25H22N2O5. The molecule has 7 nitrogen and oxygen atoms in total. The van der Waals surface area contributed by atoms with Gasteiger partial charge in [-0.05, 0) is 48.4 Å². The molecule has 32 heavy (non-hydrogen) atoms. The summed E-state index contributed by atoms with van der Waals surface area (Å²) in [6.07, 6.45) is 3.26. The number of oxazole rings is 1. The maximum Gasteiger partial charge on any atom is 0.339 e. The Morgan fingerprint density at radius 3 is 2.41 bits per heavy atom. The van der Waals surface area contributed by atoms with E-state index < -0.39 is 12.1 Å². The highest BCUT2D eigenvalue weighted by Gasteiger charge is 2.13. The fraction of sp³-hybridized carbons (Fsp3) is 0.160. The molecule has 0 bridgehead atoms. The fourth-order valence-corrected chi connectivity index (χ4v) is 3.13. The predicted octanol–water partition coefficient (Wildman–Crippen LogP) is 4.98. The van der Waals surface area contributed by atoms with Crippen molar-refractivity contribution in [2.24, 2.45) is 0 Å². The molecular weight excluding hydrogens is 408 g/mol. The lowest BCUT2D eigenvalue weighted by Crippen LogP contribution is -2.01. The Bertz CT molecular complexity index is 1160. The molecule has 2 heterocycles. The number of aryl methyl sites for hydroxylation is 1. The zero-order valence-electron chi connectivity index (χ0n) is 17.5. The van der Waals surface area contributed by atoms with Crippen LogP contribution in [0.3, 0.4) is 0 Å². The van der Waals surface area contributed by atoms with E-state index in [1.54, 1.807) is 18.3 Å². The molecule has 1 unspecified atom stereocenters. The summed E-state index contributed by atoms with van der Waals surface area (Å²) in [6, 6.07) is 20.2. The van der Waals surface area contributed by atoms with Crippen molar-refractivity contribution in [2.75, 3.05) is 7.11 Å². The van der Waals surface area contributed by atoms with Gasteiger partial charge in [-0.1, -0.05) is 30.3 Å². The highest BCUT2D eigenvalue weighted by Crippen LogP contribution is 2.26. The van der Waals surface area contributed by atoms with Gasteiger partial charge in [-0.15, -0.1) is 0 Å². The molecule has 0 saturated heterocycles. The Hall–Kier alpha value is -3.97. The molecule has 0 saturated carbocycles. The minimum absolute atomic E-state index is 0.360. The number of pyridine rings is 1. The highest BCUT2D eigenvalue weighted by atomic mass is 16.5. The number of hydrogen-bond donors (Lipinski definition) is 1. The maximum absolute atomic E-state index is 11.5. The quantitative estimate of drug-likeness (QED) is 0.394. The van der Waals surface area contributed by atoms with Gasteiger partial charge in [-0.25, -0.2) is 9.78 Å². The Kier molecular flexibility index (Phi) is 6.57. The van der Waals surface area contributed by atoms with Crippen LogP contribution in [0, 0.1) is 0 Å². The van der Waals surface area contributed by atoms with Crippen LogP contribution in [0.5, 0.6) is 11.5 Å². The van der Waals surface area contributed by atoms with Crippen LogP contribution in [0.2, 0.25) is 0 Å². The molecule has 7 heteroatoms. The van der Waals surface area contributed by atoms with Gasteiger partial charge in [0.25, 0.3) is 0 Å². The minimum Gasteiger partial charge on any atom is -0.465 e. The molecule has 2 aromatic carbocycles. The van der Waals surface area contributed by atoms with Crippen molar-refractivity contribution >= 4 is 5.97 Å². The lowest BCUT2D eigenvalue weighted by molar-refractivity contribution is 0.0600. The maximum atomic E-state index is 11.5. The van der Waals surface area contributed by atoms with E-state index in [1.165, 1.54) is 13.3 Å². The highest BCUT2D eigenvalue weighted by molar-refractivity contribution is 5.89. The summed E-state index contributed by atoms with van der Waals surface area (Å²) in [4.78, 5) is 20.0. The second-order valence-electron chi connectivity index (χ2n) is 7.08. The van der Waals surface area contributed by atoms with E-state index in [0.717, 1.165) is 11.3 Å². The number of carbonyl (C=O) groups excluding carboxylic acids is 1. The normalized spacial score (nSPS) is 11.7. The minimum atomic E-state index is -0.659. The largest absolute Gasteiger partial charge is 0.465 e. The molecule has 0 radical (unpaired) electrons. The van der Waals surface area contributed by atoms with Crippen LogP contribution in [0.25, 0.3) is 11.5 Å². The number of para-hydroxylation sites is 1. The Labute approximate surface area is 185 Å². The first-order valence-electron chi connectivity index (χ1n) is 10.1. The van der Waals surface area contributed by atoms with Crippen molar-refractivity contribution in [3.8, 4) is 23.0 Å². The lowest BCUT2D eigenvalue weighted by atomic mass is 10.0. The molecule has 1 atom stereocenters. The standard InChI is InChI=1S/C25H22N2O5/c1-30-25(29)18-9-12-21(26-15-18)23-16-27-24(32-23)14-13-22(28)17-7-10-20(11-8-17)31-19-5-3-2-4-6-19/h2-12,15-16,22,28H,13-14H2,1H3. The van der Waals surface area contributed by atoms with Gasteiger partial charge in [0.15, 0.2) is 11.7 Å². The van der Waals surface area contributed by atoms with Crippen molar-refractivity contribution in [3.63, 3.8) is 0 Å². The summed E-state index contributed by atoms with van der Waals surface area (Å²) >= 11 is 0. The average Bonchev–Trinajstić information content (AvgIpc) is 3.32. The van der Waals surface area contributed by atoms with E-state index >= 15 is 0 Å². The molecule has 0 spiro atoms. The number of rotatable bonds is 8. The van der Waals surface area contributed by atoms with E-state index in [2.05, 4.69) is 14.7 Å². The number of hydrogen-bond acceptors (Lipinski definition) is 7. The van der Waals surface area contributed by atoms with Crippen LogP contribution in [0.15, 0.2) is 83.5 Å². The van der Waals surface area contributed by atoms with Crippen molar-refractivity contribution in [1.29, 1.82) is 0 Å². The fourth-order valence-electron chi connectivity index (χ4n) is 3.13. The van der Waals surface area contributed by atoms with Crippen LogP contribution >= 0.6 is 0 Å². The van der Waals surface area contributed by atoms with Gasteiger partial charge in [0, 0.05) is 12.6 Å². The van der Waals surface area contributed by atoms with Crippen LogP contribution < -0.4 is 4.74 Å². The smallest absolute Gasteiger partial charge is 0.339 e. The van der Waals surface area contributed by atoms with Crippen molar-refractivity contribution in [1.82, 2.24) is 9.97 Å². The van der Waals surface area contributed by atoms with Gasteiger partial charge in [-0.3, -0.25) is 4.98 Å². The number of methoxy groups -OCH3 is 1. The van der Waals surface area contributed by atoms with Crippen LogP contribution in [-0.4, -0.2) is 28.2 Å². The Morgan fingerprint density at radius 1 is 0.969 bits per heavy atom. The number of aliphatic hydroxyl groups is 1. The van der Waals surface area contributed by atoms with Crippen molar-refractivity contribution < 1.29 is 23.8 Å². The Balaban J connectivity index is 1.33. The van der Waals surface area contributed by atoms with Gasteiger partial charge < -0.3 is 19.0 Å². The third-order valence-corrected chi connectivity index (χ3v) is 4.87. The van der Waals surface area contributed by atoms with Gasteiger partial charge in [-0.2, -0.15) is 0 Å². The molecule has 1 N–H and O–H groups in total. The van der Waals surface area contributed by atoms with E-state index in [0.29, 0.717) is 41.5 Å². The number of aromatic nitrogens is 2. The molecule has 0 amide bonds. The first-order valence-corrected chi connectivity index (χ1v) is 10.1. The molecule has 4 aromatic rings. The molecule has 162 valence electrons. The molecule has 0 aliphatic carbocycles. The van der Waals surface area contributed by atoms with Gasteiger partial charge in [0.1, 0.15) is 17.2 Å². The monoisotopic (exact) mass is 430 g/mol. The molecule has 0 fully saturated rings. The Morgan fingerprint density at radius 2 is 1.72 bits per heavy atom. The third kappa shape index (κ3) is 5.19. The average molecular weight is 430 g/mol. The second kappa shape index (κ2) is 9.89. The molecule has 2 aromatic heterocycles. The second-order valence-corrected chi connectivity index (χ2v) is 7.08. The van der Waals surface area contributed by atoms with Gasteiger partial charge in [0.05, 0.1) is 25.0 Å². The third-order valence-electron chi connectivity index (χ3n) is 4.87. The number of benzene rings is 2. The summed E-state index contributed by atoms with van der Waals surface area (Å²) in [5.41, 5.74) is 1.71. The predicted molar refractivity (Wildman–Crippen MR) is 117 cm³/mol. The van der Waals surface area contributed by atoms with E-state index in [4.69, 9.17) is 9.15 Å². The van der Waals surface area contributed by atoms with E-state index in [-0.39, 0.29) is 0 Å². The number of ether oxygens (including phenoxy) is 2. The van der Waals surface area contributed by atoms with Gasteiger partial charge >= 0.3 is 5.97 Å². The molecule has 0 aliphatic heterocycles. The SMILES string of the molecule is COC(=O)c1ccc(-c2cnc(CCC(O)c3ccc(Oc4ccccc4)cc3)o2)nc1. The molecule has 4 rings (SSSR count). The zero-order valence-corrected chi connectivity index (χ0v) is 17.5. The zero-order chi connectivity index (χ0) is 22.3. The van der Waals surface area contributed by atoms with E-state index in [9.17, 15) is 9.90 Å². The summed E-state index contributed by atoms with van der Waals surface area (Å²) in [6.45, 7) is 0. The van der Waals surface area contributed by atoms with Crippen LogP contribution in [0.4, 0.5) is 0 Å². The van der Waals surface area contributed by atoms with E-state index in [1.807, 2.05) is 54.6 Å². The number of nitrogens with zero attached hydrogens (tertiary/aromatic N) is 2. The van der Waals surface area contributed by atoms with Crippen molar-refractivity contribution in [2.45, 2.75) is 18.9 Å². The number of aliphatic hydroxyl groups excluding tert-OH is 1.